The lowest BCUT2D eigenvalue weighted by atomic mass is 9.85. The minimum Gasteiger partial charge on any atom is -0.341 e. The normalized spacial score (nSPS) is 26.6. The zero-order valence-corrected chi connectivity index (χ0v) is 19.6. The van der Waals surface area contributed by atoms with Gasteiger partial charge in [0.15, 0.2) is 9.84 Å². The van der Waals surface area contributed by atoms with E-state index in [0.717, 1.165) is 17.0 Å². The van der Waals surface area contributed by atoms with Crippen molar-refractivity contribution in [2.75, 3.05) is 25.1 Å². The Bertz CT molecular complexity index is 1060. The third-order valence-electron chi connectivity index (χ3n) is 7.00. The second-order valence-corrected chi connectivity index (χ2v) is 11.4. The fourth-order valence-electron chi connectivity index (χ4n) is 5.06. The standard InChI is InChI=1S/C22H30N4O5S/c1-14-19(15(2)26(23-14)16-9-11-32(30,31)13-16)12-24(3)20(27)8-10-25-21(28)17-6-4-5-7-18(17)22(25)29/h4-5,16-18H,6-13H2,1-3H3/t16-,17+,18+/m1/s1. The number of carbonyl (C=O) groups is 3. The highest BCUT2D eigenvalue weighted by molar-refractivity contribution is 7.91. The fourth-order valence-corrected chi connectivity index (χ4v) is 6.75. The largest absolute Gasteiger partial charge is 0.341 e. The molecule has 3 amide bonds. The smallest absolute Gasteiger partial charge is 0.233 e. The highest BCUT2D eigenvalue weighted by Gasteiger charge is 2.47. The average Bonchev–Trinajstić information content (AvgIpc) is 3.34. The van der Waals surface area contributed by atoms with E-state index < -0.39 is 9.84 Å². The van der Waals surface area contributed by atoms with Gasteiger partial charge in [0.2, 0.25) is 17.7 Å². The first-order valence-electron chi connectivity index (χ1n) is 11.1. The van der Waals surface area contributed by atoms with Gasteiger partial charge in [-0.3, -0.25) is 24.0 Å². The summed E-state index contributed by atoms with van der Waals surface area (Å²) in [6.07, 6.45) is 5.69. The lowest BCUT2D eigenvalue weighted by Crippen LogP contribution is -2.36. The Morgan fingerprint density at radius 3 is 2.34 bits per heavy atom. The molecule has 0 bridgehead atoms. The Balaban J connectivity index is 1.37. The van der Waals surface area contributed by atoms with Crippen LogP contribution in [0, 0.1) is 25.7 Å². The van der Waals surface area contributed by atoms with Crippen molar-refractivity contribution in [3.8, 4) is 0 Å². The fraction of sp³-hybridized carbons (Fsp3) is 0.636. The first-order chi connectivity index (χ1) is 15.1. The van der Waals surface area contributed by atoms with Crippen LogP contribution in [0.25, 0.3) is 0 Å². The van der Waals surface area contributed by atoms with Crippen LogP contribution in [0.1, 0.15) is 48.7 Å². The summed E-state index contributed by atoms with van der Waals surface area (Å²) in [5.41, 5.74) is 2.54. The number of rotatable bonds is 6. The molecule has 9 nitrogen and oxygen atoms in total. The van der Waals surface area contributed by atoms with Crippen molar-refractivity contribution in [3.05, 3.63) is 29.1 Å². The molecule has 0 spiro atoms. The summed E-state index contributed by atoms with van der Waals surface area (Å²) in [6.45, 7) is 4.20. The number of imide groups is 1. The van der Waals surface area contributed by atoms with Gasteiger partial charge in [-0.2, -0.15) is 5.10 Å². The number of aromatic nitrogens is 2. The topological polar surface area (TPSA) is 110 Å². The van der Waals surface area contributed by atoms with E-state index in [1.54, 1.807) is 16.6 Å². The number of fused-ring (bicyclic) bond motifs is 1. The van der Waals surface area contributed by atoms with Crippen LogP contribution < -0.4 is 0 Å². The Morgan fingerprint density at radius 2 is 1.78 bits per heavy atom. The predicted molar refractivity (Wildman–Crippen MR) is 117 cm³/mol. The molecule has 32 heavy (non-hydrogen) atoms. The lowest BCUT2D eigenvalue weighted by molar-refractivity contribution is -0.140. The van der Waals surface area contributed by atoms with E-state index in [2.05, 4.69) is 5.10 Å². The summed E-state index contributed by atoms with van der Waals surface area (Å²) in [5.74, 6) is -0.785. The molecule has 1 aliphatic carbocycles. The van der Waals surface area contributed by atoms with E-state index in [0.29, 0.717) is 25.8 Å². The van der Waals surface area contributed by atoms with Crippen LogP contribution in [0.5, 0.6) is 0 Å². The third kappa shape index (κ3) is 4.12. The van der Waals surface area contributed by atoms with Crippen LogP contribution >= 0.6 is 0 Å². The van der Waals surface area contributed by atoms with Crippen molar-refractivity contribution >= 4 is 27.6 Å². The summed E-state index contributed by atoms with van der Waals surface area (Å²) in [7, 11) is -1.33. The van der Waals surface area contributed by atoms with Gasteiger partial charge in [0.25, 0.3) is 0 Å². The molecule has 2 fully saturated rings. The van der Waals surface area contributed by atoms with Gasteiger partial charge >= 0.3 is 0 Å². The minimum absolute atomic E-state index is 0.0773. The van der Waals surface area contributed by atoms with E-state index >= 15 is 0 Å². The quantitative estimate of drug-likeness (QED) is 0.464. The van der Waals surface area contributed by atoms with Crippen molar-refractivity contribution in [1.82, 2.24) is 19.6 Å². The van der Waals surface area contributed by atoms with Gasteiger partial charge in [-0.15, -0.1) is 0 Å². The molecule has 1 aromatic heterocycles. The lowest BCUT2D eigenvalue weighted by Gasteiger charge is -2.20. The van der Waals surface area contributed by atoms with Crippen molar-refractivity contribution in [3.63, 3.8) is 0 Å². The Kier molecular flexibility index (Phi) is 6.00. The van der Waals surface area contributed by atoms with Gasteiger partial charge in [0.05, 0.1) is 35.1 Å². The third-order valence-corrected chi connectivity index (χ3v) is 8.75. The summed E-state index contributed by atoms with van der Waals surface area (Å²) in [5, 5.41) is 4.55. The van der Waals surface area contributed by atoms with Crippen molar-refractivity contribution < 1.29 is 22.8 Å². The number of amides is 3. The number of likely N-dealkylation sites (tertiary alicyclic amines) is 1. The molecule has 2 saturated heterocycles. The maximum atomic E-state index is 12.8. The number of sulfone groups is 1. The molecule has 0 N–H and O–H groups in total. The van der Waals surface area contributed by atoms with Gasteiger partial charge in [-0.05, 0) is 33.1 Å². The summed E-state index contributed by atoms with van der Waals surface area (Å²) in [6, 6.07) is -0.168. The van der Waals surface area contributed by atoms with Crippen molar-refractivity contribution in [2.45, 2.75) is 52.1 Å². The monoisotopic (exact) mass is 462 g/mol. The highest BCUT2D eigenvalue weighted by atomic mass is 32.2. The Morgan fingerprint density at radius 1 is 1.16 bits per heavy atom. The number of nitrogens with zero attached hydrogens (tertiary/aromatic N) is 4. The molecule has 2 aliphatic heterocycles. The second kappa shape index (κ2) is 8.46. The Hall–Kier alpha value is -2.49. The molecular formula is C22H30N4O5S. The zero-order chi connectivity index (χ0) is 23.2. The maximum Gasteiger partial charge on any atom is 0.233 e. The zero-order valence-electron chi connectivity index (χ0n) is 18.8. The molecule has 3 aliphatic rings. The molecule has 3 atom stereocenters. The summed E-state index contributed by atoms with van der Waals surface area (Å²) < 4.78 is 25.5. The minimum atomic E-state index is -3.02. The molecule has 0 unspecified atom stereocenters. The molecular weight excluding hydrogens is 432 g/mol. The van der Waals surface area contributed by atoms with E-state index in [1.165, 1.54) is 4.90 Å². The number of hydrogen-bond acceptors (Lipinski definition) is 6. The van der Waals surface area contributed by atoms with E-state index in [9.17, 15) is 22.8 Å². The van der Waals surface area contributed by atoms with Crippen LogP contribution in [-0.2, 0) is 30.8 Å². The van der Waals surface area contributed by atoms with E-state index in [4.69, 9.17) is 0 Å². The first-order valence-corrected chi connectivity index (χ1v) is 12.9. The number of allylic oxidation sites excluding steroid dienone is 2. The van der Waals surface area contributed by atoms with Gasteiger partial charge in [0.1, 0.15) is 0 Å². The number of aryl methyl sites for hydroxylation is 1. The van der Waals surface area contributed by atoms with Crippen LogP contribution in [0.15, 0.2) is 12.2 Å². The van der Waals surface area contributed by atoms with E-state index in [-0.39, 0.29) is 60.1 Å². The van der Waals surface area contributed by atoms with Crippen molar-refractivity contribution in [2.24, 2.45) is 11.8 Å². The highest BCUT2D eigenvalue weighted by Crippen LogP contribution is 2.35. The van der Waals surface area contributed by atoms with Crippen LogP contribution in [0.2, 0.25) is 0 Å². The first kappa shape index (κ1) is 22.7. The van der Waals surface area contributed by atoms with Crippen LogP contribution in [0.3, 0.4) is 0 Å². The second-order valence-electron chi connectivity index (χ2n) is 9.13. The van der Waals surface area contributed by atoms with Crippen molar-refractivity contribution in [1.29, 1.82) is 0 Å². The molecule has 174 valence electrons. The van der Waals surface area contributed by atoms with E-state index in [1.807, 2.05) is 26.0 Å². The molecule has 0 saturated carbocycles. The SMILES string of the molecule is Cc1nn([C@@H]2CCS(=O)(=O)C2)c(C)c1CN(C)C(=O)CCN1C(=O)[C@H]2CC=CC[C@@H]2C1=O. The molecule has 0 radical (unpaired) electrons. The number of carbonyl (C=O) groups excluding carboxylic acids is 3. The van der Waals surface area contributed by atoms with Crippen LogP contribution in [0.4, 0.5) is 0 Å². The summed E-state index contributed by atoms with van der Waals surface area (Å²) in [4.78, 5) is 40.7. The summed E-state index contributed by atoms with van der Waals surface area (Å²) >= 11 is 0. The number of hydrogen-bond donors (Lipinski definition) is 0. The predicted octanol–water partition coefficient (Wildman–Crippen LogP) is 1.16. The molecule has 1 aromatic rings. The van der Waals surface area contributed by atoms with Gasteiger partial charge in [-0.1, -0.05) is 12.2 Å². The molecule has 4 rings (SSSR count). The van der Waals surface area contributed by atoms with Gasteiger partial charge in [-0.25, -0.2) is 8.42 Å². The Labute approximate surface area is 188 Å². The van der Waals surface area contributed by atoms with Gasteiger partial charge < -0.3 is 4.90 Å². The average molecular weight is 463 g/mol. The molecule has 0 aromatic carbocycles. The maximum absolute atomic E-state index is 12.8. The molecule has 10 heteroatoms. The van der Waals surface area contributed by atoms with Gasteiger partial charge in [0, 0.05) is 37.8 Å². The molecule has 3 heterocycles. The van der Waals surface area contributed by atoms with Crippen LogP contribution in [-0.4, -0.2) is 70.8 Å².